The maximum atomic E-state index is 7.05. The molecule has 0 atom stereocenters. The first-order valence-corrected chi connectivity index (χ1v) is 25.9. The Morgan fingerprint density at radius 3 is 2.00 bits per heavy atom. The van der Waals surface area contributed by atoms with Crippen molar-refractivity contribution in [2.24, 2.45) is 0 Å². The summed E-state index contributed by atoms with van der Waals surface area (Å²) in [6, 6.07) is 53.3. The molecule has 8 aromatic carbocycles. The molecule has 0 spiro atoms. The molecular weight excluding hydrogens is 870 g/mol. The Kier molecular flexibility index (Phi) is 8.23. The van der Waals surface area contributed by atoms with Crippen LogP contribution in [0.4, 0.5) is 11.4 Å². The first-order chi connectivity index (χ1) is 33.4. The minimum Gasteiger partial charge on any atom is -0.456 e. The molecule has 0 saturated heterocycles. The molecule has 6 heteroatoms. The van der Waals surface area contributed by atoms with Crippen LogP contribution >= 0.6 is 11.3 Å². The minimum atomic E-state index is -0.311. The summed E-state index contributed by atoms with van der Waals surface area (Å²) in [6.07, 6.45) is 0. The van der Waals surface area contributed by atoms with Gasteiger partial charge >= 0.3 is 6.85 Å². The molecule has 11 aromatic rings. The van der Waals surface area contributed by atoms with E-state index in [1.54, 1.807) is 11.3 Å². The summed E-state index contributed by atoms with van der Waals surface area (Å²) in [6.45, 7) is 25.5. The highest BCUT2D eigenvalue weighted by molar-refractivity contribution is 7.21. The molecule has 4 nitrogen and oxygen atoms in total. The predicted octanol–water partition coefficient (Wildman–Crippen LogP) is 16.4. The van der Waals surface area contributed by atoms with Crippen LogP contribution in [0.3, 0.4) is 0 Å². The highest BCUT2D eigenvalue weighted by Crippen LogP contribution is 2.59. The van der Waals surface area contributed by atoms with Gasteiger partial charge in [-0.05, 0) is 126 Å². The van der Waals surface area contributed by atoms with E-state index >= 15 is 0 Å². The molecule has 0 bridgehead atoms. The van der Waals surface area contributed by atoms with E-state index in [1.165, 1.54) is 98.9 Å². The molecule has 0 fully saturated rings. The van der Waals surface area contributed by atoms with Crippen molar-refractivity contribution in [2.45, 2.75) is 97.8 Å². The summed E-state index contributed by atoms with van der Waals surface area (Å²) < 4.78 is 10.9. The van der Waals surface area contributed by atoms with Gasteiger partial charge in [0.2, 0.25) is 0 Å². The number of benzene rings is 8. The minimum absolute atomic E-state index is 0.00297. The largest absolute Gasteiger partial charge is 0.456 e. The number of thiazole rings is 1. The number of fused-ring (bicyclic) bond motifs is 17. The lowest BCUT2D eigenvalue weighted by Crippen LogP contribution is -2.61. The number of aromatic nitrogens is 2. The molecule has 14 rings (SSSR count). The molecule has 3 aromatic heterocycles. The van der Waals surface area contributed by atoms with Crippen LogP contribution in [-0.4, -0.2) is 16.4 Å². The van der Waals surface area contributed by atoms with E-state index in [0.717, 1.165) is 43.7 Å². The smallest absolute Gasteiger partial charge is 0.333 e. The Labute approximate surface area is 414 Å². The van der Waals surface area contributed by atoms with Gasteiger partial charge in [-0.1, -0.05) is 161 Å². The molecule has 0 N–H and O–H groups in total. The fourth-order valence-corrected chi connectivity index (χ4v) is 13.6. The monoisotopic (exact) mass is 925 g/mol. The van der Waals surface area contributed by atoms with Crippen molar-refractivity contribution in [3.8, 4) is 38.5 Å². The van der Waals surface area contributed by atoms with Crippen LogP contribution in [0.25, 0.3) is 92.5 Å². The van der Waals surface area contributed by atoms with Crippen molar-refractivity contribution in [2.75, 3.05) is 4.81 Å². The Morgan fingerprint density at radius 2 is 1.26 bits per heavy atom. The van der Waals surface area contributed by atoms with Crippen LogP contribution in [0, 0.1) is 0 Å². The second-order valence-electron chi connectivity index (χ2n) is 24.0. The summed E-state index contributed by atoms with van der Waals surface area (Å²) in [5.74, 6) is 0. The SMILES string of the molecule is CC(C)(C)c1ccc(N2B3c4cc5nc(-c6ccccc6)sc5cc4-n4c5ccc(C(C)(C)C)cc5c5c6c(c(c3c54)-c3cc4oc5cc(C(C)(C)C)ccc5c4cc32)C(C)(C)c2ccccc2-6)cc1. The summed E-state index contributed by atoms with van der Waals surface area (Å²) >= 11 is 1.79. The molecule has 3 aliphatic rings. The third-order valence-electron chi connectivity index (χ3n) is 16.2. The molecular formula is C64H56BN3OS. The zero-order valence-corrected chi connectivity index (χ0v) is 42.8. The van der Waals surface area contributed by atoms with E-state index in [4.69, 9.17) is 9.40 Å². The van der Waals surface area contributed by atoms with Gasteiger partial charge in [-0.15, -0.1) is 11.3 Å². The lowest BCUT2D eigenvalue weighted by molar-refractivity contribution is 0.587. The van der Waals surface area contributed by atoms with E-state index in [1.807, 2.05) is 0 Å². The van der Waals surface area contributed by atoms with Crippen LogP contribution in [0.1, 0.15) is 104 Å². The normalized spacial score (nSPS) is 14.8. The standard InChI is InChI=1S/C64H56BN3OS/c1-61(2,3)36-21-25-39(26-22-36)68-49-31-42-40-27-23-38(63(7,8)9)30-51(40)69-52(42)32-44(49)56-57-54(41-19-15-16-20-45(41)64(57,10)11)55-43-29-37(62(4,5)6)24-28-48(43)67-50-34-53-47(33-46(50)65(68)58(56)59(55)67)66-60(70-53)35-17-13-12-14-18-35/h12-34H,1-11H3. The van der Waals surface area contributed by atoms with Gasteiger partial charge < -0.3 is 13.8 Å². The Bertz CT molecular complexity index is 4090. The van der Waals surface area contributed by atoms with Gasteiger partial charge in [-0.3, -0.25) is 0 Å². The van der Waals surface area contributed by atoms with E-state index in [0.29, 0.717) is 0 Å². The first-order valence-electron chi connectivity index (χ1n) is 25.1. The van der Waals surface area contributed by atoms with Gasteiger partial charge in [0, 0.05) is 55.1 Å². The van der Waals surface area contributed by atoms with E-state index in [9.17, 15) is 0 Å². The van der Waals surface area contributed by atoms with Gasteiger partial charge in [-0.25, -0.2) is 4.98 Å². The van der Waals surface area contributed by atoms with Crippen LogP contribution in [0.5, 0.6) is 0 Å². The zero-order chi connectivity index (χ0) is 48.1. The van der Waals surface area contributed by atoms with Crippen molar-refractivity contribution in [1.29, 1.82) is 0 Å². The fraction of sp³-hybridized carbons (Fsp3) is 0.234. The second kappa shape index (κ2) is 13.7. The Hall–Kier alpha value is -6.89. The molecule has 0 amide bonds. The maximum absolute atomic E-state index is 7.05. The number of anilines is 2. The number of furan rings is 1. The van der Waals surface area contributed by atoms with E-state index in [2.05, 4.69) is 225 Å². The number of nitrogens with zero attached hydrogens (tertiary/aromatic N) is 3. The van der Waals surface area contributed by atoms with Crippen molar-refractivity contribution >= 4 is 94.4 Å². The lowest BCUT2D eigenvalue weighted by Gasteiger charge is -2.43. The molecule has 5 heterocycles. The highest BCUT2D eigenvalue weighted by atomic mass is 32.1. The molecule has 70 heavy (non-hydrogen) atoms. The average molecular weight is 926 g/mol. The summed E-state index contributed by atoms with van der Waals surface area (Å²) in [5, 5.41) is 5.98. The first kappa shape index (κ1) is 42.0. The Morgan fingerprint density at radius 1 is 0.586 bits per heavy atom. The van der Waals surface area contributed by atoms with Crippen molar-refractivity contribution in [3.63, 3.8) is 0 Å². The summed E-state index contributed by atoms with van der Waals surface area (Å²) in [5.41, 5.74) is 24.3. The predicted molar refractivity (Wildman–Crippen MR) is 299 cm³/mol. The summed E-state index contributed by atoms with van der Waals surface area (Å²) in [4.78, 5) is 8.14. The van der Waals surface area contributed by atoms with Crippen LogP contribution in [0.15, 0.2) is 144 Å². The number of hydrogen-bond donors (Lipinski definition) is 0. The van der Waals surface area contributed by atoms with Gasteiger partial charge in [0.1, 0.15) is 16.2 Å². The average Bonchev–Trinajstić information content (AvgIpc) is 4.07. The van der Waals surface area contributed by atoms with Crippen LogP contribution in [-0.2, 0) is 21.7 Å². The molecule has 2 aliphatic heterocycles. The summed E-state index contributed by atoms with van der Waals surface area (Å²) in [7, 11) is 0. The second-order valence-corrected chi connectivity index (χ2v) is 25.0. The van der Waals surface area contributed by atoms with Crippen molar-refractivity contribution in [3.05, 3.63) is 167 Å². The topological polar surface area (TPSA) is 34.2 Å². The van der Waals surface area contributed by atoms with Crippen LogP contribution < -0.4 is 15.7 Å². The van der Waals surface area contributed by atoms with E-state index in [-0.39, 0.29) is 28.5 Å². The van der Waals surface area contributed by atoms with Crippen molar-refractivity contribution in [1.82, 2.24) is 9.55 Å². The Balaban J connectivity index is 1.20. The third kappa shape index (κ3) is 5.63. The quantitative estimate of drug-likeness (QED) is 0.162. The van der Waals surface area contributed by atoms with Crippen molar-refractivity contribution < 1.29 is 4.42 Å². The van der Waals surface area contributed by atoms with Gasteiger partial charge in [0.05, 0.1) is 21.3 Å². The van der Waals surface area contributed by atoms with Gasteiger partial charge in [0.15, 0.2) is 0 Å². The molecule has 0 unspecified atom stereocenters. The highest BCUT2D eigenvalue weighted by Gasteiger charge is 2.50. The third-order valence-corrected chi connectivity index (χ3v) is 17.3. The van der Waals surface area contributed by atoms with Gasteiger partial charge in [-0.2, -0.15) is 0 Å². The molecule has 0 saturated carbocycles. The molecule has 0 radical (unpaired) electrons. The van der Waals surface area contributed by atoms with Gasteiger partial charge in [0.25, 0.3) is 0 Å². The van der Waals surface area contributed by atoms with Crippen LogP contribution in [0.2, 0.25) is 0 Å². The number of rotatable bonds is 2. The molecule has 1 aliphatic carbocycles. The lowest BCUT2D eigenvalue weighted by atomic mass is 9.43. The fourth-order valence-electron chi connectivity index (χ4n) is 12.6. The zero-order valence-electron chi connectivity index (χ0n) is 42.0. The van der Waals surface area contributed by atoms with E-state index < -0.39 is 0 Å². The maximum Gasteiger partial charge on any atom is 0.333 e. The number of hydrogen-bond acceptors (Lipinski definition) is 4. The molecule has 342 valence electrons.